The number of nitrogens with zero attached hydrogens (tertiary/aromatic N) is 2. The van der Waals surface area contributed by atoms with Crippen molar-refractivity contribution in [3.8, 4) is 0 Å². The number of thiophene rings is 1. The predicted octanol–water partition coefficient (Wildman–Crippen LogP) is 4.02. The summed E-state index contributed by atoms with van der Waals surface area (Å²) in [6.07, 6.45) is 3.99. The van der Waals surface area contributed by atoms with Gasteiger partial charge in [0.15, 0.2) is 0 Å². The van der Waals surface area contributed by atoms with Crippen molar-refractivity contribution in [2.24, 2.45) is 5.92 Å². The standard InChI is InChI=1S/C21H27N3O3S2/c1-16-9-13-23(15-16)18-7-5-17(6-8-18)22-21(25)20-19(10-14-28-20)29(26,27)24-11-3-2-4-12-24/h5-8,10,14,16H,2-4,9,11-13,15H2,1H3,(H,22,25). The maximum atomic E-state index is 13.0. The molecule has 156 valence electrons. The number of anilines is 2. The fourth-order valence-electron chi connectivity index (χ4n) is 4.02. The van der Waals surface area contributed by atoms with Gasteiger partial charge in [-0.3, -0.25) is 4.79 Å². The Bertz CT molecular complexity index is 963. The summed E-state index contributed by atoms with van der Waals surface area (Å²) in [7, 11) is -3.63. The van der Waals surface area contributed by atoms with Crippen LogP contribution in [0.2, 0.25) is 0 Å². The topological polar surface area (TPSA) is 69.7 Å². The van der Waals surface area contributed by atoms with Gasteiger partial charge in [0.25, 0.3) is 5.91 Å². The number of benzene rings is 1. The van der Waals surface area contributed by atoms with Crippen LogP contribution in [0.25, 0.3) is 0 Å². The van der Waals surface area contributed by atoms with Crippen molar-refractivity contribution >= 4 is 38.6 Å². The van der Waals surface area contributed by atoms with Crippen LogP contribution in [0.4, 0.5) is 11.4 Å². The third-order valence-corrected chi connectivity index (χ3v) is 8.67. The molecule has 0 bridgehead atoms. The SMILES string of the molecule is CC1CCN(c2ccc(NC(=O)c3sccc3S(=O)(=O)N3CCCCC3)cc2)C1. The first-order valence-corrected chi connectivity index (χ1v) is 12.5. The quantitative estimate of drug-likeness (QED) is 0.773. The largest absolute Gasteiger partial charge is 0.371 e. The summed E-state index contributed by atoms with van der Waals surface area (Å²) in [6, 6.07) is 9.31. The predicted molar refractivity (Wildman–Crippen MR) is 117 cm³/mol. The molecule has 8 heteroatoms. The van der Waals surface area contributed by atoms with E-state index in [1.54, 1.807) is 11.4 Å². The van der Waals surface area contributed by atoms with Gasteiger partial charge >= 0.3 is 0 Å². The maximum Gasteiger partial charge on any atom is 0.267 e. The van der Waals surface area contributed by atoms with E-state index >= 15 is 0 Å². The van der Waals surface area contributed by atoms with E-state index in [2.05, 4.69) is 17.1 Å². The van der Waals surface area contributed by atoms with E-state index in [9.17, 15) is 13.2 Å². The molecule has 1 N–H and O–H groups in total. The molecule has 0 saturated carbocycles. The van der Waals surface area contributed by atoms with Crippen molar-refractivity contribution < 1.29 is 13.2 Å². The van der Waals surface area contributed by atoms with E-state index in [0.717, 1.165) is 38.0 Å². The van der Waals surface area contributed by atoms with E-state index in [4.69, 9.17) is 0 Å². The summed E-state index contributed by atoms with van der Waals surface area (Å²) in [5.74, 6) is 0.326. The number of carbonyl (C=O) groups is 1. The van der Waals surface area contributed by atoms with Crippen molar-refractivity contribution in [3.05, 3.63) is 40.6 Å². The van der Waals surface area contributed by atoms with E-state index < -0.39 is 10.0 Å². The lowest BCUT2D eigenvalue weighted by molar-refractivity contribution is 0.102. The third-order valence-electron chi connectivity index (χ3n) is 5.68. The molecular formula is C21H27N3O3S2. The van der Waals surface area contributed by atoms with Gasteiger partial charge in [0.2, 0.25) is 10.0 Å². The number of amides is 1. The van der Waals surface area contributed by atoms with Crippen molar-refractivity contribution in [1.82, 2.24) is 4.31 Å². The van der Waals surface area contributed by atoms with E-state index in [0.29, 0.717) is 24.7 Å². The number of rotatable bonds is 5. The Kier molecular flexibility index (Phi) is 5.94. The minimum Gasteiger partial charge on any atom is -0.371 e. The number of carbonyl (C=O) groups excluding carboxylic acids is 1. The normalized spacial score (nSPS) is 20.7. The Labute approximate surface area is 176 Å². The van der Waals surface area contributed by atoms with E-state index in [1.807, 2.05) is 24.3 Å². The number of sulfonamides is 1. The summed E-state index contributed by atoms with van der Waals surface area (Å²) >= 11 is 1.17. The van der Waals surface area contributed by atoms with Crippen molar-refractivity contribution in [1.29, 1.82) is 0 Å². The minimum absolute atomic E-state index is 0.115. The zero-order chi connectivity index (χ0) is 20.4. The van der Waals surface area contributed by atoms with Crippen LogP contribution in [0.1, 0.15) is 42.3 Å². The molecule has 1 unspecified atom stereocenters. The number of piperidine rings is 1. The highest BCUT2D eigenvalue weighted by Gasteiger charge is 2.31. The highest BCUT2D eigenvalue weighted by atomic mass is 32.2. The van der Waals surface area contributed by atoms with Gasteiger partial charge in [0.1, 0.15) is 9.77 Å². The zero-order valence-corrected chi connectivity index (χ0v) is 18.3. The van der Waals surface area contributed by atoms with Gasteiger partial charge in [0, 0.05) is 37.6 Å². The van der Waals surface area contributed by atoms with Crippen LogP contribution < -0.4 is 10.2 Å². The van der Waals surface area contributed by atoms with Gasteiger partial charge in [-0.05, 0) is 60.9 Å². The Hall–Kier alpha value is -1.90. The molecule has 6 nitrogen and oxygen atoms in total. The molecule has 29 heavy (non-hydrogen) atoms. The molecule has 1 atom stereocenters. The number of hydrogen-bond donors (Lipinski definition) is 1. The van der Waals surface area contributed by atoms with E-state index in [-0.39, 0.29) is 15.7 Å². The second kappa shape index (κ2) is 8.45. The van der Waals surface area contributed by atoms with Crippen molar-refractivity contribution in [2.75, 3.05) is 36.4 Å². The van der Waals surface area contributed by atoms with Crippen LogP contribution in [0, 0.1) is 5.92 Å². The number of nitrogens with one attached hydrogen (secondary N) is 1. The third kappa shape index (κ3) is 4.34. The fraction of sp³-hybridized carbons (Fsp3) is 0.476. The molecule has 4 rings (SSSR count). The molecular weight excluding hydrogens is 406 g/mol. The molecule has 2 aromatic rings. The molecule has 2 aliphatic heterocycles. The van der Waals surface area contributed by atoms with E-state index in [1.165, 1.54) is 22.1 Å². The second-order valence-electron chi connectivity index (χ2n) is 7.92. The Morgan fingerprint density at radius 1 is 1.07 bits per heavy atom. The Morgan fingerprint density at radius 2 is 1.79 bits per heavy atom. The first-order chi connectivity index (χ1) is 13.9. The van der Waals surface area contributed by atoms with Gasteiger partial charge in [-0.15, -0.1) is 11.3 Å². The van der Waals surface area contributed by atoms with Crippen molar-refractivity contribution in [3.63, 3.8) is 0 Å². The smallest absolute Gasteiger partial charge is 0.267 e. The van der Waals surface area contributed by atoms with Gasteiger partial charge in [-0.1, -0.05) is 13.3 Å². The van der Waals surface area contributed by atoms with Crippen LogP contribution >= 0.6 is 11.3 Å². The van der Waals surface area contributed by atoms with Gasteiger partial charge in [-0.25, -0.2) is 8.42 Å². The summed E-state index contributed by atoms with van der Waals surface area (Å²) in [5.41, 5.74) is 1.82. The average molecular weight is 434 g/mol. The van der Waals surface area contributed by atoms with Crippen LogP contribution in [-0.4, -0.2) is 44.8 Å². The van der Waals surface area contributed by atoms with Crippen LogP contribution in [0.15, 0.2) is 40.6 Å². The van der Waals surface area contributed by atoms with Crippen LogP contribution in [0.3, 0.4) is 0 Å². The summed E-state index contributed by atoms with van der Waals surface area (Å²) in [6.45, 7) is 5.41. The van der Waals surface area contributed by atoms with Crippen LogP contribution in [-0.2, 0) is 10.0 Å². The highest BCUT2D eigenvalue weighted by Crippen LogP contribution is 2.29. The molecule has 2 fully saturated rings. The summed E-state index contributed by atoms with van der Waals surface area (Å²) in [4.78, 5) is 15.5. The molecule has 0 spiro atoms. The molecule has 1 aromatic carbocycles. The molecule has 2 aliphatic rings. The fourth-order valence-corrected chi connectivity index (χ4v) is 6.84. The second-order valence-corrected chi connectivity index (χ2v) is 10.7. The summed E-state index contributed by atoms with van der Waals surface area (Å²) < 4.78 is 27.5. The molecule has 3 heterocycles. The molecule has 0 aliphatic carbocycles. The first kappa shape index (κ1) is 20.4. The lowest BCUT2D eigenvalue weighted by Crippen LogP contribution is -2.36. The van der Waals surface area contributed by atoms with Gasteiger partial charge in [-0.2, -0.15) is 4.31 Å². The lowest BCUT2D eigenvalue weighted by atomic mass is 10.2. The average Bonchev–Trinajstić information content (AvgIpc) is 3.39. The minimum atomic E-state index is -3.63. The van der Waals surface area contributed by atoms with Gasteiger partial charge in [0.05, 0.1) is 0 Å². The van der Waals surface area contributed by atoms with Crippen molar-refractivity contribution in [2.45, 2.75) is 37.5 Å². The number of hydrogen-bond acceptors (Lipinski definition) is 5. The highest BCUT2D eigenvalue weighted by molar-refractivity contribution is 7.89. The Balaban J connectivity index is 1.48. The molecule has 1 aromatic heterocycles. The Morgan fingerprint density at radius 3 is 2.45 bits per heavy atom. The monoisotopic (exact) mass is 433 g/mol. The maximum absolute atomic E-state index is 13.0. The zero-order valence-electron chi connectivity index (χ0n) is 16.6. The van der Waals surface area contributed by atoms with Gasteiger partial charge < -0.3 is 10.2 Å². The lowest BCUT2D eigenvalue weighted by Gasteiger charge is -2.25. The molecule has 0 radical (unpaired) electrons. The van der Waals surface area contributed by atoms with Crippen LogP contribution in [0.5, 0.6) is 0 Å². The summed E-state index contributed by atoms with van der Waals surface area (Å²) in [5, 5.41) is 4.53. The molecule has 2 saturated heterocycles. The molecule has 1 amide bonds. The first-order valence-electron chi connectivity index (χ1n) is 10.2.